The van der Waals surface area contributed by atoms with Gasteiger partial charge in [-0.25, -0.2) is 15.0 Å². The average molecular weight is 355 g/mol. The van der Waals surface area contributed by atoms with Gasteiger partial charge < -0.3 is 9.88 Å². The summed E-state index contributed by atoms with van der Waals surface area (Å²) < 4.78 is 1.88. The van der Waals surface area contributed by atoms with E-state index in [2.05, 4.69) is 36.5 Å². The molecule has 0 aliphatic carbocycles. The van der Waals surface area contributed by atoms with Crippen molar-refractivity contribution in [3.05, 3.63) is 41.9 Å². The van der Waals surface area contributed by atoms with Crippen LogP contribution in [0.1, 0.15) is 4.88 Å². The third-order valence-corrected chi connectivity index (χ3v) is 5.20. The second kappa shape index (κ2) is 6.17. The van der Waals surface area contributed by atoms with Gasteiger partial charge in [-0.3, -0.25) is 0 Å². The van der Waals surface area contributed by atoms with Crippen LogP contribution in [0, 0.1) is 6.92 Å². The first-order valence-electron chi connectivity index (χ1n) is 7.15. The first-order valence-corrected chi connectivity index (χ1v) is 8.78. The van der Waals surface area contributed by atoms with Crippen molar-refractivity contribution < 1.29 is 0 Å². The van der Waals surface area contributed by atoms with Gasteiger partial charge in [-0.1, -0.05) is 0 Å². The van der Waals surface area contributed by atoms with Gasteiger partial charge in [0, 0.05) is 28.4 Å². The van der Waals surface area contributed by atoms with Gasteiger partial charge in [0.15, 0.2) is 10.3 Å². The Hall–Kier alpha value is -2.52. The Kier molecular flexibility index (Phi) is 3.87. The largest absolute Gasteiger partial charge is 0.316 e. The maximum absolute atomic E-state index is 4.37. The molecule has 1 aromatic carbocycles. The third-order valence-electron chi connectivity index (χ3n) is 3.33. The van der Waals surface area contributed by atoms with Crippen molar-refractivity contribution in [2.75, 3.05) is 5.32 Å². The number of aryl methyl sites for hydroxylation is 2. The Balaban J connectivity index is 1.71. The highest BCUT2D eigenvalue weighted by Gasteiger charge is 2.09. The van der Waals surface area contributed by atoms with Crippen molar-refractivity contribution in [2.24, 2.45) is 7.05 Å². The van der Waals surface area contributed by atoms with Crippen molar-refractivity contribution in [3.63, 3.8) is 0 Å². The van der Waals surface area contributed by atoms with E-state index in [1.807, 2.05) is 36.9 Å². The Bertz CT molecular complexity index is 1010. The molecule has 4 aromatic rings. The van der Waals surface area contributed by atoms with Crippen molar-refractivity contribution in [3.8, 4) is 0 Å². The van der Waals surface area contributed by atoms with Gasteiger partial charge in [0.2, 0.25) is 0 Å². The molecule has 0 saturated heterocycles. The molecule has 0 spiro atoms. The van der Waals surface area contributed by atoms with E-state index in [0.717, 1.165) is 36.8 Å². The lowest BCUT2D eigenvalue weighted by Crippen LogP contribution is -1.95. The Morgan fingerprint density at radius 1 is 1.21 bits per heavy atom. The van der Waals surface area contributed by atoms with Gasteiger partial charge in [-0.05, 0) is 36.9 Å². The van der Waals surface area contributed by atoms with Gasteiger partial charge >= 0.3 is 0 Å². The molecule has 0 fully saturated rings. The summed E-state index contributed by atoms with van der Waals surface area (Å²) in [5, 5.41) is 13.9. The molecule has 0 aliphatic heterocycles. The van der Waals surface area contributed by atoms with Crippen LogP contribution >= 0.6 is 23.1 Å². The fourth-order valence-electron chi connectivity index (χ4n) is 2.18. The fourth-order valence-corrected chi connectivity index (χ4v) is 3.65. The normalized spacial score (nSPS) is 11.1. The highest BCUT2D eigenvalue weighted by atomic mass is 32.2. The summed E-state index contributed by atoms with van der Waals surface area (Å²) in [5.41, 5.74) is 0.878. The zero-order valence-corrected chi connectivity index (χ0v) is 14.6. The molecule has 3 aromatic heterocycles. The van der Waals surface area contributed by atoms with E-state index < -0.39 is 0 Å². The monoisotopic (exact) mass is 355 g/mol. The standard InChI is InChI=1S/C15H13N7S2/c1-9-6-16-14(23-9)20-13-11-5-10(3-4-12(11)17-7-18-13)24-15-21-19-8-22(15)2/h3-8H,1-2H3,(H,16,17,18,20). The number of rotatable bonds is 4. The molecule has 1 N–H and O–H groups in total. The number of anilines is 2. The summed E-state index contributed by atoms with van der Waals surface area (Å²) in [6, 6.07) is 6.05. The number of nitrogens with zero attached hydrogens (tertiary/aromatic N) is 6. The maximum atomic E-state index is 4.37. The lowest BCUT2D eigenvalue weighted by molar-refractivity contribution is 0.788. The zero-order valence-electron chi connectivity index (χ0n) is 13.0. The van der Waals surface area contributed by atoms with E-state index in [1.54, 1.807) is 35.8 Å². The molecule has 0 unspecified atom stereocenters. The molecule has 0 radical (unpaired) electrons. The van der Waals surface area contributed by atoms with Gasteiger partial charge in [-0.2, -0.15) is 0 Å². The number of nitrogens with one attached hydrogen (secondary N) is 1. The van der Waals surface area contributed by atoms with Crippen LogP contribution in [0.5, 0.6) is 0 Å². The molecule has 4 rings (SSSR count). The quantitative estimate of drug-likeness (QED) is 0.600. The molecule has 3 heterocycles. The topological polar surface area (TPSA) is 81.4 Å². The Morgan fingerprint density at radius 3 is 2.88 bits per heavy atom. The van der Waals surface area contributed by atoms with E-state index in [9.17, 15) is 0 Å². The van der Waals surface area contributed by atoms with Crippen LogP contribution in [0.2, 0.25) is 0 Å². The summed E-state index contributed by atoms with van der Waals surface area (Å²) in [5.74, 6) is 0.745. The number of fused-ring (bicyclic) bond motifs is 1. The molecular weight excluding hydrogens is 342 g/mol. The number of benzene rings is 1. The van der Waals surface area contributed by atoms with Crippen LogP contribution in [0.4, 0.5) is 10.9 Å². The minimum atomic E-state index is 0.745. The molecule has 0 bridgehead atoms. The Morgan fingerprint density at radius 2 is 2.12 bits per heavy atom. The van der Waals surface area contributed by atoms with Crippen LogP contribution in [0.3, 0.4) is 0 Å². The van der Waals surface area contributed by atoms with E-state index in [1.165, 1.54) is 0 Å². The lowest BCUT2D eigenvalue weighted by atomic mass is 10.2. The average Bonchev–Trinajstić information content (AvgIpc) is 3.17. The number of hydrogen-bond donors (Lipinski definition) is 1. The number of thiazole rings is 1. The van der Waals surface area contributed by atoms with Crippen molar-refractivity contribution in [1.29, 1.82) is 0 Å². The van der Waals surface area contributed by atoms with Gasteiger partial charge in [0.25, 0.3) is 0 Å². The van der Waals surface area contributed by atoms with E-state index in [-0.39, 0.29) is 0 Å². The lowest BCUT2D eigenvalue weighted by Gasteiger charge is -2.07. The molecule has 120 valence electrons. The molecule has 7 nitrogen and oxygen atoms in total. The molecule has 9 heteroatoms. The zero-order chi connectivity index (χ0) is 16.5. The van der Waals surface area contributed by atoms with Crippen molar-refractivity contribution in [1.82, 2.24) is 29.7 Å². The number of aromatic nitrogens is 6. The van der Waals surface area contributed by atoms with Crippen molar-refractivity contribution >= 4 is 45.0 Å². The highest BCUT2D eigenvalue weighted by molar-refractivity contribution is 7.99. The smallest absolute Gasteiger partial charge is 0.195 e. The Labute approximate surface area is 146 Å². The molecule has 0 aliphatic rings. The summed E-state index contributed by atoms with van der Waals surface area (Å²) >= 11 is 3.14. The van der Waals surface area contributed by atoms with Gasteiger partial charge in [0.1, 0.15) is 18.5 Å². The summed E-state index contributed by atoms with van der Waals surface area (Å²) in [4.78, 5) is 15.2. The first-order chi connectivity index (χ1) is 11.7. The second-order valence-electron chi connectivity index (χ2n) is 5.13. The summed E-state index contributed by atoms with van der Waals surface area (Å²) in [6.45, 7) is 2.02. The molecule has 24 heavy (non-hydrogen) atoms. The van der Waals surface area contributed by atoms with E-state index >= 15 is 0 Å². The fraction of sp³-hybridized carbons (Fsp3) is 0.133. The minimum absolute atomic E-state index is 0.745. The van der Waals surface area contributed by atoms with Crippen LogP contribution in [-0.4, -0.2) is 29.7 Å². The van der Waals surface area contributed by atoms with Crippen LogP contribution in [-0.2, 0) is 7.05 Å². The summed E-state index contributed by atoms with van der Waals surface area (Å²) in [7, 11) is 1.92. The van der Waals surface area contributed by atoms with E-state index in [0.29, 0.717) is 0 Å². The molecule has 0 atom stereocenters. The van der Waals surface area contributed by atoms with Crippen molar-refractivity contribution in [2.45, 2.75) is 17.0 Å². The predicted octanol–water partition coefficient (Wildman–Crippen LogP) is 3.42. The minimum Gasteiger partial charge on any atom is -0.316 e. The van der Waals surface area contributed by atoms with E-state index in [4.69, 9.17) is 0 Å². The first kappa shape index (κ1) is 15.0. The highest BCUT2D eigenvalue weighted by Crippen LogP contribution is 2.31. The molecular formula is C15H13N7S2. The maximum Gasteiger partial charge on any atom is 0.195 e. The third kappa shape index (κ3) is 2.95. The van der Waals surface area contributed by atoms with Crippen LogP contribution in [0.25, 0.3) is 10.9 Å². The second-order valence-corrected chi connectivity index (χ2v) is 7.40. The predicted molar refractivity (Wildman–Crippen MR) is 94.8 cm³/mol. The molecule has 0 saturated carbocycles. The number of hydrogen-bond acceptors (Lipinski definition) is 8. The molecule has 0 amide bonds. The van der Waals surface area contributed by atoms with Gasteiger partial charge in [0.05, 0.1) is 5.52 Å². The van der Waals surface area contributed by atoms with Gasteiger partial charge in [-0.15, -0.1) is 21.5 Å². The van der Waals surface area contributed by atoms with Crippen LogP contribution in [0.15, 0.2) is 47.1 Å². The summed E-state index contributed by atoms with van der Waals surface area (Å²) in [6.07, 6.45) is 5.08. The SMILES string of the molecule is Cc1cnc(Nc2ncnc3ccc(Sc4nncn4C)cc23)s1. The van der Waals surface area contributed by atoms with Crippen LogP contribution < -0.4 is 5.32 Å².